The molecule has 2 amide bonds. The Labute approximate surface area is 138 Å². The predicted molar refractivity (Wildman–Crippen MR) is 85.5 cm³/mol. The zero-order chi connectivity index (χ0) is 17.9. The zero-order valence-corrected chi connectivity index (χ0v) is 12.9. The molecule has 1 aliphatic heterocycles. The number of piperazine rings is 1. The van der Waals surface area contributed by atoms with Crippen LogP contribution in [0.1, 0.15) is 0 Å². The monoisotopic (exact) mass is 336 g/mol. The van der Waals surface area contributed by atoms with Gasteiger partial charge in [0.1, 0.15) is 12.0 Å². The molecule has 0 aliphatic carbocycles. The molecule has 3 atom stereocenters. The number of carboxylic acids is 2. The van der Waals surface area contributed by atoms with Gasteiger partial charge in [0, 0.05) is 25.3 Å². The van der Waals surface area contributed by atoms with Crippen LogP contribution in [-0.4, -0.2) is 64.8 Å². The van der Waals surface area contributed by atoms with E-state index < -0.39 is 36.0 Å². The first-order valence-electron chi connectivity index (χ1n) is 7.40. The summed E-state index contributed by atoms with van der Waals surface area (Å²) in [4.78, 5) is 37.5. The number of nitrogens with zero attached hydrogens (tertiary/aromatic N) is 2. The minimum atomic E-state index is -1.65. The molecule has 0 saturated carbocycles. The molecule has 130 valence electrons. The van der Waals surface area contributed by atoms with E-state index >= 15 is 0 Å². The van der Waals surface area contributed by atoms with Gasteiger partial charge >= 0.3 is 18.0 Å². The number of amides is 2. The number of carboxylic acid groups (broad SMARTS) is 2. The van der Waals surface area contributed by atoms with E-state index in [9.17, 15) is 19.5 Å². The molecule has 0 radical (unpaired) electrons. The van der Waals surface area contributed by atoms with Crippen LogP contribution < -0.4 is 16.4 Å². The Bertz CT molecular complexity index is 624. The van der Waals surface area contributed by atoms with Crippen molar-refractivity contribution in [2.24, 2.45) is 17.4 Å². The second-order valence-electron chi connectivity index (χ2n) is 5.61. The Hall–Kier alpha value is -2.81. The van der Waals surface area contributed by atoms with Crippen molar-refractivity contribution in [1.82, 2.24) is 4.90 Å². The summed E-state index contributed by atoms with van der Waals surface area (Å²) >= 11 is 0. The maximum absolute atomic E-state index is 11.7. The van der Waals surface area contributed by atoms with E-state index in [0.717, 1.165) is 5.69 Å². The third-order valence-electron chi connectivity index (χ3n) is 4.19. The van der Waals surface area contributed by atoms with Gasteiger partial charge in [-0.15, -0.1) is 0 Å². The topological polar surface area (TPSA) is 150 Å². The molecule has 9 heteroatoms. The van der Waals surface area contributed by atoms with Crippen LogP contribution in [0.15, 0.2) is 30.3 Å². The number of urea groups is 1. The molecule has 1 aromatic rings. The number of carbonyl (C=O) groups excluding carboxylic acids is 1. The van der Waals surface area contributed by atoms with Crippen LogP contribution in [0.25, 0.3) is 0 Å². The summed E-state index contributed by atoms with van der Waals surface area (Å²) in [5.41, 5.74) is 11.8. The summed E-state index contributed by atoms with van der Waals surface area (Å²) in [6.07, 6.45) is 0. The van der Waals surface area contributed by atoms with Crippen molar-refractivity contribution < 1.29 is 24.6 Å². The van der Waals surface area contributed by atoms with Crippen LogP contribution >= 0.6 is 0 Å². The van der Waals surface area contributed by atoms with Crippen molar-refractivity contribution >= 4 is 23.7 Å². The zero-order valence-electron chi connectivity index (χ0n) is 12.9. The number of nitrogens with two attached hydrogens (primary N) is 2. The lowest BCUT2D eigenvalue weighted by Crippen LogP contribution is -2.64. The summed E-state index contributed by atoms with van der Waals surface area (Å²) in [7, 11) is 0. The first-order valence-corrected chi connectivity index (χ1v) is 7.40. The lowest BCUT2D eigenvalue weighted by molar-refractivity contribution is -0.152. The van der Waals surface area contributed by atoms with Crippen molar-refractivity contribution in [3.8, 4) is 0 Å². The fourth-order valence-corrected chi connectivity index (χ4v) is 2.98. The van der Waals surface area contributed by atoms with E-state index in [2.05, 4.69) is 0 Å². The molecular formula is C15H20N4O5. The number of primary amides is 1. The first-order chi connectivity index (χ1) is 11.3. The summed E-state index contributed by atoms with van der Waals surface area (Å²) in [6, 6.07) is 5.83. The Kier molecular flexibility index (Phi) is 5.24. The number of rotatable bonds is 5. The Morgan fingerprint density at radius 3 is 2.21 bits per heavy atom. The Balaban J connectivity index is 2.33. The van der Waals surface area contributed by atoms with Crippen molar-refractivity contribution in [1.29, 1.82) is 0 Å². The third kappa shape index (κ3) is 3.57. The molecular weight excluding hydrogens is 316 g/mol. The molecule has 0 bridgehead atoms. The number of hydrogen-bond donors (Lipinski definition) is 4. The van der Waals surface area contributed by atoms with E-state index in [1.807, 2.05) is 35.2 Å². The number of benzene rings is 1. The highest BCUT2D eigenvalue weighted by molar-refractivity contribution is 5.84. The SMILES string of the molecule is NC(=O)N1CCN(c2ccccc2)CC1C(C(=O)O)[C@H](N)C(=O)O. The number of carbonyl (C=O) groups is 3. The first kappa shape index (κ1) is 17.5. The van der Waals surface area contributed by atoms with Crippen molar-refractivity contribution in [2.45, 2.75) is 12.1 Å². The Morgan fingerprint density at radius 1 is 1.08 bits per heavy atom. The molecule has 0 aromatic heterocycles. The van der Waals surface area contributed by atoms with E-state index in [1.54, 1.807) is 0 Å². The number of hydrogen-bond acceptors (Lipinski definition) is 5. The largest absolute Gasteiger partial charge is 0.481 e. The highest BCUT2D eigenvalue weighted by Crippen LogP contribution is 2.24. The van der Waals surface area contributed by atoms with Gasteiger partial charge in [0.15, 0.2) is 0 Å². The van der Waals surface area contributed by atoms with Gasteiger partial charge in [0.25, 0.3) is 0 Å². The number of anilines is 1. The van der Waals surface area contributed by atoms with E-state index in [1.165, 1.54) is 4.90 Å². The van der Waals surface area contributed by atoms with Crippen LogP contribution in [0.5, 0.6) is 0 Å². The predicted octanol–water partition coefficient (Wildman–Crippen LogP) is -0.631. The quantitative estimate of drug-likeness (QED) is 0.559. The van der Waals surface area contributed by atoms with Crippen LogP contribution in [0.3, 0.4) is 0 Å². The van der Waals surface area contributed by atoms with Gasteiger partial charge in [-0.2, -0.15) is 0 Å². The summed E-state index contributed by atoms with van der Waals surface area (Å²) in [5, 5.41) is 18.6. The van der Waals surface area contributed by atoms with Crippen molar-refractivity contribution in [3.63, 3.8) is 0 Å². The fraction of sp³-hybridized carbons (Fsp3) is 0.400. The van der Waals surface area contributed by atoms with Crippen LogP contribution in [-0.2, 0) is 9.59 Å². The summed E-state index contributed by atoms with van der Waals surface area (Å²) in [6.45, 7) is 0.772. The minimum absolute atomic E-state index is 0.130. The van der Waals surface area contributed by atoms with Crippen LogP contribution in [0.2, 0.25) is 0 Å². The Morgan fingerprint density at radius 2 is 1.71 bits per heavy atom. The molecule has 1 aliphatic rings. The highest BCUT2D eigenvalue weighted by Gasteiger charge is 2.44. The molecule has 1 aromatic carbocycles. The average molecular weight is 336 g/mol. The highest BCUT2D eigenvalue weighted by atomic mass is 16.4. The van der Waals surface area contributed by atoms with Gasteiger partial charge in [-0.3, -0.25) is 9.59 Å². The normalized spacial score (nSPS) is 20.3. The molecule has 1 heterocycles. The van der Waals surface area contributed by atoms with E-state index in [4.69, 9.17) is 16.6 Å². The smallest absolute Gasteiger partial charge is 0.321 e. The lowest BCUT2D eigenvalue weighted by atomic mass is 9.89. The van der Waals surface area contributed by atoms with Gasteiger partial charge in [-0.25, -0.2) is 4.79 Å². The van der Waals surface area contributed by atoms with Crippen LogP contribution in [0.4, 0.5) is 10.5 Å². The minimum Gasteiger partial charge on any atom is -0.481 e. The summed E-state index contributed by atoms with van der Waals surface area (Å²) in [5.74, 6) is -4.29. The third-order valence-corrected chi connectivity index (χ3v) is 4.19. The maximum Gasteiger partial charge on any atom is 0.321 e. The number of aliphatic carboxylic acids is 2. The van der Waals surface area contributed by atoms with Crippen molar-refractivity contribution in [3.05, 3.63) is 30.3 Å². The second kappa shape index (κ2) is 7.18. The molecule has 1 saturated heterocycles. The van der Waals surface area contributed by atoms with Crippen molar-refractivity contribution in [2.75, 3.05) is 24.5 Å². The molecule has 0 spiro atoms. The molecule has 1 fully saturated rings. The molecule has 2 rings (SSSR count). The molecule has 6 N–H and O–H groups in total. The second-order valence-corrected chi connectivity index (χ2v) is 5.61. The van der Waals surface area contributed by atoms with E-state index in [0.29, 0.717) is 6.54 Å². The molecule has 2 unspecified atom stereocenters. The standard InChI is InChI=1S/C15H20N4O5/c16-12(14(22)23)11(13(20)21)10-8-18(6-7-19(10)15(17)24)9-4-2-1-3-5-9/h1-5,10-12H,6-8,16H2,(H2,17,24)(H,20,21)(H,22,23)/t10?,11?,12-/m0/s1. The van der Waals surface area contributed by atoms with Gasteiger partial charge in [0.05, 0.1) is 6.04 Å². The van der Waals surface area contributed by atoms with Gasteiger partial charge < -0.3 is 31.5 Å². The van der Waals surface area contributed by atoms with E-state index in [-0.39, 0.29) is 13.1 Å². The number of para-hydroxylation sites is 1. The fourth-order valence-electron chi connectivity index (χ4n) is 2.98. The maximum atomic E-state index is 11.7. The average Bonchev–Trinajstić information content (AvgIpc) is 2.55. The lowest BCUT2D eigenvalue weighted by Gasteiger charge is -2.44. The van der Waals surface area contributed by atoms with Crippen LogP contribution in [0, 0.1) is 5.92 Å². The van der Waals surface area contributed by atoms with Gasteiger partial charge in [0.2, 0.25) is 0 Å². The van der Waals surface area contributed by atoms with Gasteiger partial charge in [-0.1, -0.05) is 18.2 Å². The summed E-state index contributed by atoms with van der Waals surface area (Å²) < 4.78 is 0. The molecule has 24 heavy (non-hydrogen) atoms. The molecule has 9 nitrogen and oxygen atoms in total. The van der Waals surface area contributed by atoms with Gasteiger partial charge in [-0.05, 0) is 12.1 Å².